The van der Waals surface area contributed by atoms with Crippen LogP contribution in [0.3, 0.4) is 0 Å². The summed E-state index contributed by atoms with van der Waals surface area (Å²) >= 11 is 0. The normalized spacial score (nSPS) is 12.9. The van der Waals surface area contributed by atoms with Crippen LogP contribution in [-0.2, 0) is 19.1 Å². The number of unbranched alkanes of at least 4 members (excludes halogenated alkanes) is 20. The van der Waals surface area contributed by atoms with Gasteiger partial charge in [0, 0.05) is 12.8 Å². The third-order valence-electron chi connectivity index (χ3n) is 9.51. The zero-order chi connectivity index (χ0) is 39.3. The highest BCUT2D eigenvalue weighted by Crippen LogP contribution is 2.14. The number of esters is 2. The van der Waals surface area contributed by atoms with E-state index in [9.17, 15) is 14.7 Å². The summed E-state index contributed by atoms with van der Waals surface area (Å²) in [5.74, 6) is -0.600. The fourth-order valence-electron chi connectivity index (χ4n) is 6.15. The molecule has 0 aliphatic carbocycles. The lowest BCUT2D eigenvalue weighted by molar-refractivity contribution is -0.161. The molecular weight excluding hydrogens is 669 g/mol. The Morgan fingerprint density at radius 2 is 0.796 bits per heavy atom. The lowest BCUT2D eigenvalue weighted by Gasteiger charge is -2.15. The lowest BCUT2D eigenvalue weighted by Crippen LogP contribution is -2.28. The van der Waals surface area contributed by atoms with E-state index in [-0.39, 0.29) is 25.2 Å². The summed E-state index contributed by atoms with van der Waals surface area (Å²) in [6.45, 7) is 4.02. The van der Waals surface area contributed by atoms with Crippen molar-refractivity contribution >= 4 is 11.9 Å². The van der Waals surface area contributed by atoms with Crippen LogP contribution in [0.1, 0.15) is 206 Å². The molecule has 1 N–H and O–H groups in total. The van der Waals surface area contributed by atoms with Gasteiger partial charge in [0.2, 0.25) is 0 Å². The highest BCUT2D eigenvalue weighted by molar-refractivity contribution is 5.70. The average Bonchev–Trinajstić information content (AvgIpc) is 3.17. The van der Waals surface area contributed by atoms with E-state index in [1.807, 2.05) is 0 Å². The molecule has 0 radical (unpaired) electrons. The molecule has 5 heteroatoms. The maximum Gasteiger partial charge on any atom is 0.306 e. The molecule has 0 rings (SSSR count). The molecule has 0 aromatic carbocycles. The van der Waals surface area contributed by atoms with Gasteiger partial charge in [0.15, 0.2) is 6.10 Å². The van der Waals surface area contributed by atoms with Crippen LogP contribution in [0.4, 0.5) is 0 Å². The van der Waals surface area contributed by atoms with E-state index in [0.29, 0.717) is 12.8 Å². The van der Waals surface area contributed by atoms with Crippen molar-refractivity contribution in [3.8, 4) is 0 Å². The number of carbonyl (C=O) groups is 2. The minimum Gasteiger partial charge on any atom is -0.462 e. The van der Waals surface area contributed by atoms with Crippen molar-refractivity contribution in [2.75, 3.05) is 13.2 Å². The average molecular weight is 753 g/mol. The molecule has 0 aromatic heterocycles. The molecule has 0 aromatic rings. The topological polar surface area (TPSA) is 72.8 Å². The van der Waals surface area contributed by atoms with Crippen molar-refractivity contribution in [1.29, 1.82) is 0 Å². The summed E-state index contributed by atoms with van der Waals surface area (Å²) in [5.41, 5.74) is 0. The van der Waals surface area contributed by atoms with E-state index < -0.39 is 6.10 Å². The van der Waals surface area contributed by atoms with Crippen LogP contribution in [0.25, 0.3) is 0 Å². The second-order valence-corrected chi connectivity index (χ2v) is 14.8. The van der Waals surface area contributed by atoms with Crippen molar-refractivity contribution in [3.63, 3.8) is 0 Å². The summed E-state index contributed by atoms with van der Waals surface area (Å²) in [5, 5.41) is 9.58. The number of allylic oxidation sites excluding steroid dienone is 12. The van der Waals surface area contributed by atoms with Crippen LogP contribution in [0.5, 0.6) is 0 Å². The first-order valence-electron chi connectivity index (χ1n) is 22.5. The number of hydrogen-bond donors (Lipinski definition) is 1. The zero-order valence-corrected chi connectivity index (χ0v) is 35.2. The number of rotatable bonds is 40. The molecule has 0 saturated heterocycles. The Morgan fingerprint density at radius 1 is 0.444 bits per heavy atom. The molecule has 0 aliphatic heterocycles. The maximum atomic E-state index is 12.2. The number of aliphatic hydroxyl groups excluding tert-OH is 1. The third kappa shape index (κ3) is 42.1. The molecule has 0 aliphatic rings. The molecular formula is C49H84O5. The van der Waals surface area contributed by atoms with Crippen LogP contribution in [0.2, 0.25) is 0 Å². The first-order valence-corrected chi connectivity index (χ1v) is 22.5. The summed E-state index contributed by atoms with van der Waals surface area (Å²) < 4.78 is 10.6. The summed E-state index contributed by atoms with van der Waals surface area (Å²) in [7, 11) is 0. The molecule has 0 fully saturated rings. The van der Waals surface area contributed by atoms with Gasteiger partial charge in [-0.05, 0) is 64.2 Å². The molecule has 0 spiro atoms. The number of carbonyl (C=O) groups excluding carboxylic acids is 2. The predicted octanol–water partition coefficient (Wildman–Crippen LogP) is 14.5. The highest BCUT2D eigenvalue weighted by Gasteiger charge is 2.16. The third-order valence-corrected chi connectivity index (χ3v) is 9.51. The summed E-state index contributed by atoms with van der Waals surface area (Å²) in [6, 6.07) is 0. The Kier molecular flexibility index (Phi) is 42.5. The summed E-state index contributed by atoms with van der Waals surface area (Å²) in [6.07, 6.45) is 59.7. The highest BCUT2D eigenvalue weighted by atomic mass is 16.6. The van der Waals surface area contributed by atoms with Crippen LogP contribution in [0.15, 0.2) is 72.9 Å². The molecule has 0 bridgehead atoms. The Morgan fingerprint density at radius 3 is 1.20 bits per heavy atom. The van der Waals surface area contributed by atoms with Gasteiger partial charge >= 0.3 is 11.9 Å². The van der Waals surface area contributed by atoms with Crippen LogP contribution in [0, 0.1) is 0 Å². The molecule has 1 unspecified atom stereocenters. The minimum absolute atomic E-state index is 0.0698. The molecule has 54 heavy (non-hydrogen) atoms. The Bertz CT molecular complexity index is 988. The van der Waals surface area contributed by atoms with E-state index in [0.717, 1.165) is 83.5 Å². The SMILES string of the molecule is CC/C=C\C/C=C\C/C=C\C/C=C\C/C=C\C/C=C\CCCCCCCCCCC(=O)OC(CO)COC(=O)CCCCCCCCCCCCCCC. The minimum atomic E-state index is -0.777. The van der Waals surface area contributed by atoms with Crippen molar-refractivity contribution in [1.82, 2.24) is 0 Å². The second-order valence-electron chi connectivity index (χ2n) is 14.8. The van der Waals surface area contributed by atoms with Gasteiger partial charge in [0.05, 0.1) is 6.61 Å². The van der Waals surface area contributed by atoms with Gasteiger partial charge in [-0.25, -0.2) is 0 Å². The van der Waals surface area contributed by atoms with E-state index in [2.05, 4.69) is 86.8 Å². The number of ether oxygens (including phenoxy) is 2. The van der Waals surface area contributed by atoms with Crippen LogP contribution >= 0.6 is 0 Å². The van der Waals surface area contributed by atoms with Gasteiger partial charge in [-0.2, -0.15) is 0 Å². The van der Waals surface area contributed by atoms with E-state index >= 15 is 0 Å². The molecule has 1 atom stereocenters. The van der Waals surface area contributed by atoms with E-state index in [4.69, 9.17) is 9.47 Å². The molecule has 5 nitrogen and oxygen atoms in total. The Balaban J connectivity index is 3.57. The van der Waals surface area contributed by atoms with Crippen LogP contribution in [-0.4, -0.2) is 36.4 Å². The number of hydrogen-bond acceptors (Lipinski definition) is 5. The Labute approximate surface area is 333 Å². The smallest absolute Gasteiger partial charge is 0.306 e. The van der Waals surface area contributed by atoms with Crippen molar-refractivity contribution in [2.24, 2.45) is 0 Å². The van der Waals surface area contributed by atoms with Gasteiger partial charge in [-0.3, -0.25) is 9.59 Å². The number of aliphatic hydroxyl groups is 1. The fraction of sp³-hybridized carbons (Fsp3) is 0.714. The van der Waals surface area contributed by atoms with Gasteiger partial charge in [0.1, 0.15) is 6.61 Å². The molecule has 0 saturated carbocycles. The van der Waals surface area contributed by atoms with Crippen molar-refractivity contribution < 1.29 is 24.2 Å². The lowest BCUT2D eigenvalue weighted by atomic mass is 10.0. The van der Waals surface area contributed by atoms with Gasteiger partial charge in [-0.15, -0.1) is 0 Å². The maximum absolute atomic E-state index is 12.2. The molecule has 0 amide bonds. The first-order chi connectivity index (χ1) is 26.6. The van der Waals surface area contributed by atoms with Crippen molar-refractivity contribution in [2.45, 2.75) is 213 Å². The van der Waals surface area contributed by atoms with E-state index in [1.165, 1.54) is 96.3 Å². The van der Waals surface area contributed by atoms with Gasteiger partial charge in [0.25, 0.3) is 0 Å². The fourth-order valence-corrected chi connectivity index (χ4v) is 6.15. The largest absolute Gasteiger partial charge is 0.462 e. The van der Waals surface area contributed by atoms with Crippen molar-refractivity contribution in [3.05, 3.63) is 72.9 Å². The quantitative estimate of drug-likeness (QED) is 0.0383. The first kappa shape index (κ1) is 51.3. The molecule has 310 valence electrons. The van der Waals surface area contributed by atoms with Gasteiger partial charge < -0.3 is 14.6 Å². The van der Waals surface area contributed by atoms with E-state index in [1.54, 1.807) is 0 Å². The standard InChI is InChI=1S/C49H84O5/c1-3-5-7-9-11-13-15-17-18-19-20-21-22-23-24-25-26-27-28-29-30-32-34-36-38-40-42-44-49(52)54-47(45-50)46-53-48(51)43-41-39-37-35-33-31-16-14-12-10-8-6-4-2/h5,7,11,13,17-18,20-21,23-24,26-27,47,50H,3-4,6,8-10,12,14-16,19,22,25,28-46H2,1-2H3/b7-5-,13-11-,18-17-,21-20-,24-23-,27-26-. The predicted molar refractivity (Wildman–Crippen MR) is 233 cm³/mol. The monoisotopic (exact) mass is 753 g/mol. The molecule has 0 heterocycles. The van der Waals surface area contributed by atoms with Crippen LogP contribution < -0.4 is 0 Å². The zero-order valence-electron chi connectivity index (χ0n) is 35.2. The Hall–Kier alpha value is -2.66. The summed E-state index contributed by atoms with van der Waals surface area (Å²) in [4.78, 5) is 24.3. The van der Waals surface area contributed by atoms with Gasteiger partial charge in [-0.1, -0.05) is 202 Å². The second kappa shape index (κ2) is 44.7.